The molecule has 0 aliphatic carbocycles. The Morgan fingerprint density at radius 2 is 0.704 bits per heavy atom. The number of hydrogen-bond acceptors (Lipinski definition) is 8. The molecule has 0 spiro atoms. The van der Waals surface area contributed by atoms with Crippen LogP contribution in [0.2, 0.25) is 0 Å². The molecule has 0 heterocycles. The molecule has 0 atom stereocenters. The van der Waals surface area contributed by atoms with Crippen LogP contribution in [0, 0.1) is 23.7 Å². The van der Waals surface area contributed by atoms with Crippen LogP contribution in [-0.2, 0) is 46.7 Å². The van der Waals surface area contributed by atoms with E-state index in [1.54, 1.807) is 0 Å². The molecule has 0 saturated heterocycles. The third kappa shape index (κ3) is 26.8. The Morgan fingerprint density at radius 1 is 0.556 bits per heavy atom. The van der Waals surface area contributed by atoms with Gasteiger partial charge in [0.05, 0.1) is 26.4 Å². The van der Waals surface area contributed by atoms with Gasteiger partial charge in [-0.3, -0.25) is 9.13 Å². The second-order valence-electron chi connectivity index (χ2n) is 7.65. The van der Waals surface area contributed by atoms with Gasteiger partial charge in [0.15, 0.2) is 0 Å². The molecular formula is C16H36O8P2Zn. The van der Waals surface area contributed by atoms with Gasteiger partial charge < -0.3 is 27.9 Å². The van der Waals surface area contributed by atoms with Crippen LogP contribution in [-0.4, -0.2) is 26.4 Å². The first-order chi connectivity index (χ1) is 11.7. The standard InChI is InChI=1S/2C8H19O4P.Zn/c2*1-7(2)5-11-13(9,10)12-6-8(3)4;/h2*7-8H,5-6H2,1-4H3,(H,9,10);/q;;+2/p-2. The van der Waals surface area contributed by atoms with E-state index in [1.165, 1.54) is 0 Å². The van der Waals surface area contributed by atoms with Crippen LogP contribution >= 0.6 is 15.6 Å². The van der Waals surface area contributed by atoms with Crippen molar-refractivity contribution < 1.29 is 56.5 Å². The van der Waals surface area contributed by atoms with Crippen LogP contribution in [0.3, 0.4) is 0 Å². The van der Waals surface area contributed by atoms with Crippen LogP contribution in [0.4, 0.5) is 0 Å². The summed E-state index contributed by atoms with van der Waals surface area (Å²) in [5.74, 6) is 0.740. The first kappa shape index (κ1) is 32.5. The topological polar surface area (TPSA) is 117 Å². The maximum absolute atomic E-state index is 11.0. The molecule has 0 aromatic heterocycles. The van der Waals surface area contributed by atoms with Crippen molar-refractivity contribution in [3.05, 3.63) is 0 Å². The first-order valence-electron chi connectivity index (χ1n) is 8.87. The van der Waals surface area contributed by atoms with E-state index in [2.05, 4.69) is 18.1 Å². The molecule has 0 fully saturated rings. The van der Waals surface area contributed by atoms with Gasteiger partial charge in [0.1, 0.15) is 0 Å². The van der Waals surface area contributed by atoms with E-state index in [-0.39, 0.29) is 69.6 Å². The third-order valence-corrected chi connectivity index (χ3v) is 4.13. The van der Waals surface area contributed by atoms with Crippen molar-refractivity contribution in [1.29, 1.82) is 0 Å². The summed E-state index contributed by atoms with van der Waals surface area (Å²) in [5.41, 5.74) is 0. The molecule has 0 aliphatic rings. The molecule has 0 rings (SSSR count). The van der Waals surface area contributed by atoms with Crippen molar-refractivity contribution >= 4 is 15.6 Å². The van der Waals surface area contributed by atoms with Gasteiger partial charge in [0, 0.05) is 0 Å². The molecular weight excluding hydrogens is 448 g/mol. The summed E-state index contributed by atoms with van der Waals surface area (Å²) >= 11 is 0. The second kappa shape index (κ2) is 16.6. The van der Waals surface area contributed by atoms with Gasteiger partial charge in [-0.25, -0.2) is 0 Å². The van der Waals surface area contributed by atoms with E-state index in [1.807, 2.05) is 55.4 Å². The molecule has 0 aliphatic heterocycles. The summed E-state index contributed by atoms with van der Waals surface area (Å²) in [7, 11) is -8.10. The number of phosphoric acid groups is 2. The summed E-state index contributed by atoms with van der Waals surface area (Å²) in [6.07, 6.45) is 0. The van der Waals surface area contributed by atoms with Crippen LogP contribution < -0.4 is 9.79 Å². The number of hydrogen-bond donors (Lipinski definition) is 0. The van der Waals surface area contributed by atoms with Crippen molar-refractivity contribution in [2.45, 2.75) is 55.4 Å². The zero-order valence-electron chi connectivity index (χ0n) is 18.0. The summed E-state index contributed by atoms with van der Waals surface area (Å²) in [5, 5.41) is 0. The maximum atomic E-state index is 11.0. The zero-order chi connectivity index (χ0) is 21.0. The van der Waals surface area contributed by atoms with E-state index in [0.29, 0.717) is 0 Å². The van der Waals surface area contributed by atoms with E-state index in [9.17, 15) is 18.9 Å². The predicted molar refractivity (Wildman–Crippen MR) is 98.4 cm³/mol. The Hall–Kier alpha value is 0.843. The Morgan fingerprint density at radius 3 is 0.815 bits per heavy atom. The first-order valence-corrected chi connectivity index (χ1v) is 11.8. The fraction of sp³-hybridized carbons (Fsp3) is 1.00. The molecule has 0 radical (unpaired) electrons. The van der Waals surface area contributed by atoms with Crippen LogP contribution in [0.15, 0.2) is 0 Å². The van der Waals surface area contributed by atoms with Crippen LogP contribution in [0.25, 0.3) is 0 Å². The smallest absolute Gasteiger partial charge is 0.756 e. The van der Waals surface area contributed by atoms with Crippen molar-refractivity contribution in [3.63, 3.8) is 0 Å². The van der Waals surface area contributed by atoms with Crippen molar-refractivity contribution in [2.75, 3.05) is 26.4 Å². The Labute approximate surface area is 177 Å². The quantitative estimate of drug-likeness (QED) is 0.305. The summed E-state index contributed by atoms with van der Waals surface area (Å²) in [6, 6.07) is 0. The zero-order valence-corrected chi connectivity index (χ0v) is 22.8. The molecule has 27 heavy (non-hydrogen) atoms. The SMILES string of the molecule is CC(C)COP(=O)([O-])OCC(C)C.CC(C)COP(=O)([O-])OCC(C)C.[Zn+2]. The van der Waals surface area contributed by atoms with Crippen molar-refractivity contribution in [3.8, 4) is 0 Å². The van der Waals surface area contributed by atoms with Crippen molar-refractivity contribution in [2.24, 2.45) is 23.7 Å². The van der Waals surface area contributed by atoms with Gasteiger partial charge in [0.2, 0.25) is 0 Å². The Bertz CT molecular complexity index is 372. The van der Waals surface area contributed by atoms with Gasteiger partial charge in [-0.2, -0.15) is 0 Å². The fourth-order valence-corrected chi connectivity index (χ4v) is 3.11. The predicted octanol–water partition coefficient (Wildman–Crippen LogP) is 3.60. The van der Waals surface area contributed by atoms with Crippen LogP contribution in [0.1, 0.15) is 55.4 Å². The van der Waals surface area contributed by atoms with Gasteiger partial charge >= 0.3 is 19.5 Å². The van der Waals surface area contributed by atoms with Gasteiger partial charge in [0.25, 0.3) is 15.6 Å². The minimum Gasteiger partial charge on any atom is -0.756 e. The molecule has 0 aromatic rings. The van der Waals surface area contributed by atoms with Gasteiger partial charge in [-0.05, 0) is 23.7 Å². The molecule has 0 aromatic carbocycles. The average molecular weight is 484 g/mol. The van der Waals surface area contributed by atoms with E-state index < -0.39 is 15.6 Å². The average Bonchev–Trinajstić information content (AvgIpc) is 2.48. The fourth-order valence-electron chi connectivity index (χ4n) is 1.04. The molecule has 160 valence electrons. The molecule has 0 saturated carbocycles. The normalized spacial score (nSPS) is 12.4. The van der Waals surface area contributed by atoms with E-state index >= 15 is 0 Å². The Kier molecular flexibility index (Phi) is 20.0. The summed E-state index contributed by atoms with van der Waals surface area (Å²) < 4.78 is 40.5. The summed E-state index contributed by atoms with van der Waals surface area (Å²) in [4.78, 5) is 22.0. The number of rotatable bonds is 12. The molecule has 11 heteroatoms. The van der Waals surface area contributed by atoms with Crippen LogP contribution in [0.5, 0.6) is 0 Å². The molecule has 0 amide bonds. The Balaban J connectivity index is -0.000000411. The minimum atomic E-state index is -4.05. The third-order valence-electron chi connectivity index (χ3n) is 2.26. The van der Waals surface area contributed by atoms with E-state index in [4.69, 9.17) is 0 Å². The van der Waals surface area contributed by atoms with Crippen molar-refractivity contribution in [1.82, 2.24) is 0 Å². The monoisotopic (exact) mass is 482 g/mol. The number of phosphoric ester groups is 2. The maximum Gasteiger partial charge on any atom is 2.00 e. The molecule has 0 unspecified atom stereocenters. The van der Waals surface area contributed by atoms with Gasteiger partial charge in [-0.1, -0.05) is 55.4 Å². The molecule has 8 nitrogen and oxygen atoms in total. The van der Waals surface area contributed by atoms with E-state index in [0.717, 1.165) is 0 Å². The second-order valence-corrected chi connectivity index (χ2v) is 10.5. The molecule has 0 bridgehead atoms. The summed E-state index contributed by atoms with van der Waals surface area (Å²) in [6.45, 7) is 15.7. The largest absolute Gasteiger partial charge is 2.00 e. The minimum absolute atomic E-state index is 0. The molecule has 0 N–H and O–H groups in total. The van der Waals surface area contributed by atoms with Gasteiger partial charge in [-0.15, -0.1) is 0 Å².